The predicted molar refractivity (Wildman–Crippen MR) is 99.8 cm³/mol. The van der Waals surface area contributed by atoms with Crippen LogP contribution in [0.1, 0.15) is 41.8 Å². The lowest BCUT2D eigenvalue weighted by Crippen LogP contribution is -2.38. The summed E-state index contributed by atoms with van der Waals surface area (Å²) in [5, 5.41) is 16.8. The molecule has 2 atom stereocenters. The van der Waals surface area contributed by atoms with Gasteiger partial charge in [-0.05, 0) is 37.6 Å². The average Bonchev–Trinajstić information content (AvgIpc) is 3.42. The quantitative estimate of drug-likeness (QED) is 0.860. The van der Waals surface area contributed by atoms with Crippen molar-refractivity contribution < 1.29 is 4.74 Å². The van der Waals surface area contributed by atoms with Gasteiger partial charge in [0, 0.05) is 31.5 Å². The molecule has 1 aliphatic carbocycles. The van der Waals surface area contributed by atoms with Gasteiger partial charge < -0.3 is 15.0 Å². The highest BCUT2D eigenvalue weighted by Crippen LogP contribution is 2.38. The van der Waals surface area contributed by atoms with Crippen molar-refractivity contribution in [3.05, 3.63) is 45.5 Å². The monoisotopic (exact) mass is 368 g/mol. The molecule has 2 aromatic heterocycles. The molecule has 2 aliphatic heterocycles. The summed E-state index contributed by atoms with van der Waals surface area (Å²) in [4.78, 5) is 14.7. The van der Waals surface area contributed by atoms with Gasteiger partial charge in [0.2, 0.25) is 0 Å². The Morgan fingerprint density at radius 2 is 2.11 bits per heavy atom. The van der Waals surface area contributed by atoms with Crippen molar-refractivity contribution in [2.24, 2.45) is 0 Å². The Morgan fingerprint density at radius 1 is 1.22 bits per heavy atom. The number of ether oxygens (including phenoxy) is 1. The first-order valence-corrected chi connectivity index (χ1v) is 9.65. The van der Waals surface area contributed by atoms with Crippen molar-refractivity contribution >= 4 is 5.82 Å². The van der Waals surface area contributed by atoms with Crippen LogP contribution in [0.3, 0.4) is 0 Å². The molecule has 2 fully saturated rings. The number of hydrogen-bond acceptors (Lipinski definition) is 7. The van der Waals surface area contributed by atoms with E-state index in [0.717, 1.165) is 49.6 Å². The number of nitrogens with zero attached hydrogens (tertiary/aromatic N) is 5. The Kier molecular flexibility index (Phi) is 4.17. The molecule has 2 unspecified atom stereocenters. The van der Waals surface area contributed by atoms with Crippen LogP contribution in [0.4, 0.5) is 5.82 Å². The third kappa shape index (κ3) is 3.35. The first-order chi connectivity index (χ1) is 13.2. The Hall–Kier alpha value is -2.32. The number of fused-ring (bicyclic) bond motifs is 1. The van der Waals surface area contributed by atoms with Crippen LogP contribution in [-0.2, 0) is 17.7 Å². The first kappa shape index (κ1) is 16.8. The van der Waals surface area contributed by atoms with E-state index < -0.39 is 0 Å². The van der Waals surface area contributed by atoms with Gasteiger partial charge in [-0.2, -0.15) is 10.2 Å². The fourth-order valence-corrected chi connectivity index (χ4v) is 3.93. The molecule has 8 heteroatoms. The lowest BCUT2D eigenvalue weighted by atomic mass is 10.1. The van der Waals surface area contributed by atoms with Crippen molar-refractivity contribution in [2.75, 3.05) is 32.1 Å². The van der Waals surface area contributed by atoms with Crippen molar-refractivity contribution in [1.29, 1.82) is 0 Å². The fraction of sp³-hybridized carbons (Fsp3) is 0.579. The molecule has 2 aromatic rings. The molecule has 142 valence electrons. The van der Waals surface area contributed by atoms with Crippen LogP contribution in [0.2, 0.25) is 0 Å². The lowest BCUT2D eigenvalue weighted by molar-refractivity contribution is 0.182. The molecule has 0 bridgehead atoms. The van der Waals surface area contributed by atoms with Crippen molar-refractivity contribution in [1.82, 2.24) is 24.9 Å². The van der Waals surface area contributed by atoms with Crippen LogP contribution in [0.5, 0.6) is 0 Å². The summed E-state index contributed by atoms with van der Waals surface area (Å²) in [6.45, 7) is 2.89. The molecular formula is C19H24N6O2. The van der Waals surface area contributed by atoms with Crippen LogP contribution in [0, 0.1) is 0 Å². The van der Waals surface area contributed by atoms with Crippen LogP contribution in [-0.4, -0.2) is 57.7 Å². The number of rotatable bonds is 4. The minimum atomic E-state index is -0.142. The predicted octanol–water partition coefficient (Wildman–Crippen LogP) is 0.951. The highest BCUT2D eigenvalue weighted by Gasteiger charge is 2.33. The molecule has 27 heavy (non-hydrogen) atoms. The maximum Gasteiger partial charge on any atom is 0.267 e. The molecule has 3 aliphatic rings. The number of nitrogens with one attached hydrogen (secondary N) is 1. The van der Waals surface area contributed by atoms with Crippen LogP contribution in [0.15, 0.2) is 23.0 Å². The molecular weight excluding hydrogens is 344 g/mol. The highest BCUT2D eigenvalue weighted by atomic mass is 16.5. The number of hydrogen-bond donors (Lipinski definition) is 1. The van der Waals surface area contributed by atoms with Crippen LogP contribution < -0.4 is 10.9 Å². The number of likely N-dealkylation sites (N-methyl/N-ethyl adjacent to an activating group) is 1. The average molecular weight is 368 g/mol. The van der Waals surface area contributed by atoms with E-state index in [9.17, 15) is 4.79 Å². The molecule has 5 rings (SSSR count). The maximum absolute atomic E-state index is 12.4. The van der Waals surface area contributed by atoms with E-state index in [1.54, 1.807) is 10.7 Å². The standard InChI is InChI=1S/C19H24N6O2/c1-24-7-6-14-13(9-24)8-18(22-21-14)20-16-10-27-11-17(16)25-19(26)5-4-15(23-25)12-2-3-12/h4-5,8,12,16-17H,2-3,6-7,9-11H2,1H3,(H,20,22). The largest absolute Gasteiger partial charge is 0.377 e. The molecule has 8 nitrogen and oxygen atoms in total. The molecule has 0 spiro atoms. The fourth-order valence-electron chi connectivity index (χ4n) is 3.93. The Morgan fingerprint density at radius 3 is 2.96 bits per heavy atom. The van der Waals surface area contributed by atoms with Gasteiger partial charge in [-0.15, -0.1) is 5.10 Å². The van der Waals surface area contributed by atoms with Gasteiger partial charge >= 0.3 is 0 Å². The number of aromatic nitrogens is 4. The molecule has 1 saturated heterocycles. The molecule has 1 saturated carbocycles. The topological polar surface area (TPSA) is 85.2 Å². The zero-order chi connectivity index (χ0) is 18.4. The zero-order valence-electron chi connectivity index (χ0n) is 15.5. The minimum Gasteiger partial charge on any atom is -0.377 e. The number of anilines is 1. The van der Waals surface area contributed by atoms with Gasteiger partial charge in [-0.25, -0.2) is 4.68 Å². The maximum atomic E-state index is 12.4. The van der Waals surface area contributed by atoms with E-state index in [-0.39, 0.29) is 17.6 Å². The van der Waals surface area contributed by atoms with E-state index >= 15 is 0 Å². The Bertz CT molecular complexity index is 909. The summed E-state index contributed by atoms with van der Waals surface area (Å²) in [6, 6.07) is 5.37. The highest BCUT2D eigenvalue weighted by molar-refractivity contribution is 5.40. The van der Waals surface area contributed by atoms with E-state index in [4.69, 9.17) is 4.74 Å². The van der Waals surface area contributed by atoms with Crippen LogP contribution >= 0.6 is 0 Å². The summed E-state index contributed by atoms with van der Waals surface area (Å²) < 4.78 is 7.27. The Labute approximate surface area is 157 Å². The van der Waals surface area contributed by atoms with Gasteiger partial charge in [0.05, 0.1) is 30.6 Å². The summed E-state index contributed by atoms with van der Waals surface area (Å²) in [5.41, 5.74) is 3.22. The zero-order valence-corrected chi connectivity index (χ0v) is 15.5. The third-order valence-electron chi connectivity index (χ3n) is 5.67. The SMILES string of the molecule is CN1CCc2nnc(NC3COCC3n3nc(C4CC4)ccc3=O)cc2C1. The summed E-state index contributed by atoms with van der Waals surface area (Å²) in [6.07, 6.45) is 3.25. The second kappa shape index (κ2) is 6.69. The third-order valence-corrected chi connectivity index (χ3v) is 5.67. The normalized spacial score (nSPS) is 25.4. The van der Waals surface area contributed by atoms with Crippen LogP contribution in [0.25, 0.3) is 0 Å². The molecule has 0 radical (unpaired) electrons. The van der Waals surface area contributed by atoms with Gasteiger partial charge in [-0.1, -0.05) is 0 Å². The van der Waals surface area contributed by atoms with E-state index in [1.165, 1.54) is 5.56 Å². The first-order valence-electron chi connectivity index (χ1n) is 9.65. The van der Waals surface area contributed by atoms with Gasteiger partial charge in [0.15, 0.2) is 0 Å². The summed E-state index contributed by atoms with van der Waals surface area (Å²) in [7, 11) is 2.11. The molecule has 0 aromatic carbocycles. The van der Waals surface area contributed by atoms with E-state index in [2.05, 4.69) is 38.6 Å². The van der Waals surface area contributed by atoms with Gasteiger partial charge in [-0.3, -0.25) is 4.79 Å². The van der Waals surface area contributed by atoms with E-state index in [0.29, 0.717) is 19.1 Å². The van der Waals surface area contributed by atoms with Crippen molar-refractivity contribution in [3.8, 4) is 0 Å². The molecule has 1 N–H and O–H groups in total. The van der Waals surface area contributed by atoms with Crippen molar-refractivity contribution in [3.63, 3.8) is 0 Å². The van der Waals surface area contributed by atoms with Gasteiger partial charge in [0.25, 0.3) is 5.56 Å². The second-order valence-electron chi connectivity index (χ2n) is 7.86. The molecule has 4 heterocycles. The molecule has 0 amide bonds. The van der Waals surface area contributed by atoms with Crippen molar-refractivity contribution in [2.45, 2.75) is 43.8 Å². The smallest absolute Gasteiger partial charge is 0.267 e. The second-order valence-corrected chi connectivity index (χ2v) is 7.86. The van der Waals surface area contributed by atoms with E-state index in [1.807, 2.05) is 6.07 Å². The Balaban J connectivity index is 1.38. The van der Waals surface area contributed by atoms with Gasteiger partial charge in [0.1, 0.15) is 11.9 Å². The summed E-state index contributed by atoms with van der Waals surface area (Å²) in [5.74, 6) is 1.24. The minimum absolute atomic E-state index is 0.0571. The summed E-state index contributed by atoms with van der Waals surface area (Å²) >= 11 is 0. The lowest BCUT2D eigenvalue weighted by Gasteiger charge is -2.25.